The van der Waals surface area contributed by atoms with Crippen molar-refractivity contribution in [1.82, 2.24) is 50.5 Å². The molecule has 0 saturated carbocycles. The van der Waals surface area contributed by atoms with E-state index in [1.807, 2.05) is 49.3 Å². The molecule has 10 heterocycles. The monoisotopic (exact) mass is 1700 g/mol. The number of nitrogens with one attached hydrogen (secondary N) is 6. The minimum atomic E-state index is -0.953. The van der Waals surface area contributed by atoms with Crippen LogP contribution in [0.3, 0.4) is 0 Å². The molecule has 0 atom stereocenters. The van der Waals surface area contributed by atoms with Gasteiger partial charge < -0.3 is 40.0 Å². The van der Waals surface area contributed by atoms with E-state index in [4.69, 9.17) is 9.47 Å². The summed E-state index contributed by atoms with van der Waals surface area (Å²) >= 11 is 0. The van der Waals surface area contributed by atoms with E-state index >= 15 is 35.1 Å². The van der Waals surface area contributed by atoms with Gasteiger partial charge in [0.05, 0.1) is 58.4 Å². The first kappa shape index (κ1) is 93.5. The summed E-state index contributed by atoms with van der Waals surface area (Å²) in [6, 6.07) is 0. The molecule has 26 heteroatoms. The number of H-pyrrole nitrogens is 4. The summed E-state index contributed by atoms with van der Waals surface area (Å²) in [6.07, 6.45) is 23.3. The molecule has 6 N–H and O–H groups in total. The number of aromatic amines is 4. The molecular formula is C94H120F8N10O6S2. The fourth-order valence-corrected chi connectivity index (χ4v) is 19.6. The topological polar surface area (TPSA) is 226 Å². The number of rotatable bonds is 43. The molecule has 2 amide bonds. The Balaban J connectivity index is 0.584. The van der Waals surface area contributed by atoms with Crippen LogP contribution in [0.5, 0.6) is 0 Å². The van der Waals surface area contributed by atoms with Crippen LogP contribution in [-0.4, -0.2) is 102 Å². The molecule has 0 radical (unpaired) electrons. The van der Waals surface area contributed by atoms with Gasteiger partial charge in [0.15, 0.2) is 46.5 Å². The second-order valence-corrected chi connectivity index (χ2v) is 34.8. The van der Waals surface area contributed by atoms with Crippen molar-refractivity contribution in [2.75, 3.05) is 38.8 Å². The molecule has 10 rings (SSSR count). The summed E-state index contributed by atoms with van der Waals surface area (Å²) in [5.41, 5.74) is 4.19. The number of carbonyl (C=O) groups excluding carboxylic acids is 4. The van der Waals surface area contributed by atoms with Gasteiger partial charge in [-0.1, -0.05) is 152 Å². The number of ether oxygens (including phenoxy) is 2. The summed E-state index contributed by atoms with van der Waals surface area (Å²) in [4.78, 5) is 82.0. The third-order valence-electron chi connectivity index (χ3n) is 24.5. The maximum absolute atomic E-state index is 17.6. The number of esters is 2. The largest absolute Gasteiger partial charge is 0.469 e. The molecule has 16 nitrogen and oxygen atoms in total. The van der Waals surface area contributed by atoms with Crippen LogP contribution in [0.25, 0.3) is 88.7 Å². The summed E-state index contributed by atoms with van der Waals surface area (Å²) in [5.74, 6) is -5.96. The number of halogens is 8. The molecule has 0 aliphatic carbocycles. The van der Waals surface area contributed by atoms with Gasteiger partial charge in [-0.2, -0.15) is 0 Å². The van der Waals surface area contributed by atoms with Crippen molar-refractivity contribution in [1.29, 1.82) is 0 Å². The summed E-state index contributed by atoms with van der Waals surface area (Å²) in [6.45, 7) is 21.4. The Morgan fingerprint density at radius 3 is 0.783 bits per heavy atom. The highest BCUT2D eigenvalue weighted by Gasteiger charge is 2.35. The number of amides is 2. The van der Waals surface area contributed by atoms with Crippen LogP contribution in [-0.2, 0) is 54.3 Å². The number of nitrogens with zero attached hydrogens (tertiary/aromatic N) is 4. The molecule has 120 heavy (non-hydrogen) atoms. The van der Waals surface area contributed by atoms with Crippen molar-refractivity contribution in [2.24, 2.45) is 0 Å². The molecular weight excluding hydrogens is 1580 g/mol. The predicted octanol–water partition coefficient (Wildman–Crippen LogP) is 24.8. The second kappa shape index (κ2) is 43.8. The lowest BCUT2D eigenvalue weighted by Crippen LogP contribution is -2.24. The third-order valence-corrected chi connectivity index (χ3v) is 27.1. The van der Waals surface area contributed by atoms with E-state index in [2.05, 4.69) is 50.5 Å². The molecule has 6 aromatic rings. The van der Waals surface area contributed by atoms with E-state index < -0.39 is 58.5 Å². The molecule has 6 aromatic heterocycles. The van der Waals surface area contributed by atoms with E-state index in [-0.39, 0.29) is 186 Å². The summed E-state index contributed by atoms with van der Waals surface area (Å²) in [5, 5.41) is 6.01. The average molecular weight is 1700 g/mol. The fraction of sp³-hybridized carbons (Fsp3) is 0.532. The fourth-order valence-electron chi connectivity index (χ4n) is 17.3. The minimum Gasteiger partial charge on any atom is -0.469 e. The van der Waals surface area contributed by atoms with E-state index in [1.54, 1.807) is 55.4 Å². The first-order valence-corrected chi connectivity index (χ1v) is 45.9. The van der Waals surface area contributed by atoms with Gasteiger partial charge in [-0.05, 0) is 222 Å². The highest BCUT2D eigenvalue weighted by molar-refractivity contribution is 8.76. The molecule has 16 bridgehead atoms. The van der Waals surface area contributed by atoms with E-state index in [9.17, 15) is 19.2 Å². The first-order valence-electron chi connectivity index (χ1n) is 43.4. The zero-order chi connectivity index (χ0) is 86.8. The van der Waals surface area contributed by atoms with Crippen molar-refractivity contribution in [3.8, 4) is 0 Å². The number of hydrogen-bond acceptors (Lipinski definition) is 12. The van der Waals surface area contributed by atoms with Gasteiger partial charge in [-0.15, -0.1) is 0 Å². The zero-order valence-corrected chi connectivity index (χ0v) is 74.2. The van der Waals surface area contributed by atoms with Gasteiger partial charge in [0.2, 0.25) is 11.8 Å². The predicted molar refractivity (Wildman–Crippen MR) is 472 cm³/mol. The van der Waals surface area contributed by atoms with Gasteiger partial charge in [0, 0.05) is 50.3 Å². The number of methoxy groups -OCH3 is 2. The van der Waals surface area contributed by atoms with Crippen LogP contribution < -0.4 is 10.6 Å². The molecule has 0 fully saturated rings. The summed E-state index contributed by atoms with van der Waals surface area (Å²) < 4.78 is 148. The third kappa shape index (κ3) is 21.1. The Kier molecular flexibility index (Phi) is 34.1. The lowest BCUT2D eigenvalue weighted by atomic mass is 9.97. The number of carbonyl (C=O) groups is 4. The molecule has 4 aliphatic rings. The van der Waals surface area contributed by atoms with Gasteiger partial charge in [0.25, 0.3) is 0 Å². The van der Waals surface area contributed by atoms with Crippen LogP contribution in [0.1, 0.15) is 325 Å². The average Bonchev–Trinajstić information content (AvgIpc) is 1.59. The lowest BCUT2D eigenvalue weighted by Gasteiger charge is -2.09. The maximum atomic E-state index is 17.6. The van der Waals surface area contributed by atoms with Gasteiger partial charge >= 0.3 is 11.9 Å². The Labute approximate surface area is 708 Å². The smallest absolute Gasteiger partial charge is 0.305 e. The molecule has 0 saturated heterocycles. The number of aryl methyl sites for hydroxylation is 8. The van der Waals surface area contributed by atoms with Crippen LogP contribution >= 0.6 is 21.6 Å². The quantitative estimate of drug-likeness (QED) is 0.00910. The van der Waals surface area contributed by atoms with Gasteiger partial charge in [0.1, 0.15) is 45.6 Å². The molecule has 0 unspecified atom stereocenters. The maximum Gasteiger partial charge on any atom is 0.305 e. The number of hydrogen-bond donors (Lipinski definition) is 6. The Morgan fingerprint density at radius 2 is 0.525 bits per heavy atom. The highest BCUT2D eigenvalue weighted by atomic mass is 33.1. The van der Waals surface area contributed by atoms with Gasteiger partial charge in [-0.25, -0.2) is 55.1 Å². The van der Waals surface area contributed by atoms with E-state index in [0.717, 1.165) is 51.4 Å². The van der Waals surface area contributed by atoms with Crippen LogP contribution in [0.4, 0.5) is 35.1 Å². The highest BCUT2D eigenvalue weighted by Crippen LogP contribution is 2.46. The zero-order valence-electron chi connectivity index (χ0n) is 72.5. The van der Waals surface area contributed by atoms with Crippen LogP contribution in [0.15, 0.2) is 0 Å². The first-order chi connectivity index (χ1) is 57.7. The SMILES string of the molecule is CCc1c(C)c2[nH]c1c(F)c1nc(c(F)c3nc(c(F)c4[nH]c(c(CC)c4C)c2F)C(C)=C3CCC(=O)OC)C(CCC(=O)NCCCCCCCCCCCCSSCCCCCCCCCCCCNC(=O)CCC2=C(C)c3nc2c(F)c2nc(c(F)c4[nH]c(c(CC)c4C)c(F)c4[nH]c(c3F)c(CC)c4C)C(C)=C2CCC(=O)OC)=C1C. The van der Waals surface area contributed by atoms with Crippen molar-refractivity contribution < 1.29 is 63.8 Å². The Hall–Kier alpha value is -8.78. The standard InChI is InChI=1S/C94H120F8N10O6S2/c1-15-59-51(5)79-71(95)83-57(11)65(41-45-69(115)117-13)93(109-83)77(101)91-63(55(9)85(111-91)75(99)89-61(17-3)53(7)81(107-89)73(97)87(59)105-79)39-43-67(113)103-47-35-31-27-23-19-21-25-29-33-37-49-119-120-50-38-34-30-26-22-20-24-28-32-36-48-104-68(114)44-40-64-56(10)86-76(100)90-62(18-4)54(8)82(108-90)74(98)88-60(16-2)52(6)80(106-88)72(96)84-58(12)66(42-46-70(116)118-14)94(110-84)78(102)92(64)112-86/h105-108H,15-50H2,1-14H3,(H,103,113)(H,104,114). The Morgan fingerprint density at radius 1 is 0.300 bits per heavy atom. The molecule has 4 aliphatic heterocycles. The second-order valence-electron chi connectivity index (χ2n) is 32.1. The normalized spacial score (nSPS) is 13.0. The summed E-state index contributed by atoms with van der Waals surface area (Å²) in [7, 11) is 6.45. The Bertz CT molecular complexity index is 5010. The van der Waals surface area contributed by atoms with Gasteiger partial charge in [-0.3, -0.25) is 19.2 Å². The van der Waals surface area contributed by atoms with E-state index in [1.165, 1.54) is 103 Å². The minimum absolute atomic E-state index is 0.00100. The molecule has 650 valence electrons. The number of aromatic nitrogens is 8. The van der Waals surface area contributed by atoms with Crippen LogP contribution in [0, 0.1) is 74.2 Å². The lowest BCUT2D eigenvalue weighted by molar-refractivity contribution is -0.141. The number of unbranched alkanes of at least 4 members (excludes halogenated alkanes) is 18. The molecule has 0 spiro atoms. The molecule has 0 aromatic carbocycles. The van der Waals surface area contributed by atoms with Crippen molar-refractivity contribution in [3.05, 3.63) is 137 Å². The van der Waals surface area contributed by atoms with Crippen molar-refractivity contribution >= 4 is 134 Å². The number of fused-ring (bicyclic) bond motifs is 16. The van der Waals surface area contributed by atoms with Crippen molar-refractivity contribution in [2.45, 2.75) is 289 Å². The van der Waals surface area contributed by atoms with Crippen LogP contribution in [0.2, 0.25) is 0 Å². The number of allylic oxidation sites excluding steroid dienone is 8. The van der Waals surface area contributed by atoms with Crippen molar-refractivity contribution in [3.63, 3.8) is 0 Å². The van der Waals surface area contributed by atoms with E-state index in [0.29, 0.717) is 94.4 Å².